The van der Waals surface area contributed by atoms with Crippen LogP contribution in [-0.4, -0.2) is 32.8 Å². The van der Waals surface area contributed by atoms with Crippen LogP contribution in [0.25, 0.3) is 0 Å². The van der Waals surface area contributed by atoms with E-state index in [4.69, 9.17) is 4.84 Å². The number of carbonyl (C=O) groups excluding carboxylic acids is 3. The maximum Gasteiger partial charge on any atom is 0.381 e. The highest BCUT2D eigenvalue weighted by Gasteiger charge is 2.39. The van der Waals surface area contributed by atoms with Gasteiger partial charge in [-0.3, -0.25) is 9.59 Å². The first kappa shape index (κ1) is 12.8. The van der Waals surface area contributed by atoms with Crippen LogP contribution < -0.4 is 0 Å². The molecule has 7 heteroatoms. The van der Waals surface area contributed by atoms with Crippen molar-refractivity contribution >= 4 is 17.8 Å². The molecule has 1 aromatic heterocycles. The molecule has 22 heavy (non-hydrogen) atoms. The van der Waals surface area contributed by atoms with Crippen molar-refractivity contribution in [2.24, 2.45) is 0 Å². The van der Waals surface area contributed by atoms with Crippen LogP contribution in [-0.2, 0) is 4.84 Å². The Morgan fingerprint density at radius 1 is 1.18 bits per heavy atom. The lowest BCUT2D eigenvalue weighted by molar-refractivity contribution is -0.0588. The molecule has 7 nitrogen and oxygen atoms in total. The largest absolute Gasteiger partial charge is 0.381 e. The number of hydroxylamine groups is 2. The van der Waals surface area contributed by atoms with Gasteiger partial charge in [0.15, 0.2) is 0 Å². The van der Waals surface area contributed by atoms with Gasteiger partial charge in [-0.2, -0.15) is 0 Å². The Labute approximate surface area is 124 Å². The number of imide groups is 1. The maximum absolute atomic E-state index is 12.1. The molecule has 1 N–H and O–H groups in total. The molecule has 0 saturated heterocycles. The third-order valence-electron chi connectivity index (χ3n) is 3.71. The Morgan fingerprint density at radius 3 is 2.41 bits per heavy atom. The number of amides is 2. The highest BCUT2D eigenvalue weighted by Crippen LogP contribution is 2.38. The van der Waals surface area contributed by atoms with E-state index in [-0.39, 0.29) is 16.8 Å². The normalized spacial score (nSPS) is 16.8. The average molecular weight is 297 g/mol. The SMILES string of the molecule is O=C(ON1C(=O)c2ccccc2C1=O)c1cnc(C2CC2)[nH]1. The number of hydrogen-bond donors (Lipinski definition) is 1. The van der Waals surface area contributed by atoms with Crippen LogP contribution in [0.1, 0.15) is 55.8 Å². The van der Waals surface area contributed by atoms with Crippen LogP contribution in [0.3, 0.4) is 0 Å². The van der Waals surface area contributed by atoms with Gasteiger partial charge in [0, 0.05) is 5.92 Å². The molecule has 2 amide bonds. The van der Waals surface area contributed by atoms with Gasteiger partial charge in [0.1, 0.15) is 11.5 Å². The summed E-state index contributed by atoms with van der Waals surface area (Å²) in [6.07, 6.45) is 3.44. The zero-order valence-corrected chi connectivity index (χ0v) is 11.4. The second kappa shape index (κ2) is 4.52. The molecule has 1 aliphatic carbocycles. The summed E-state index contributed by atoms with van der Waals surface area (Å²) < 4.78 is 0. The number of hydrogen-bond acceptors (Lipinski definition) is 5. The summed E-state index contributed by atoms with van der Waals surface area (Å²) >= 11 is 0. The number of benzene rings is 1. The summed E-state index contributed by atoms with van der Waals surface area (Å²) in [5, 5.41) is 0.491. The Hall–Kier alpha value is -2.96. The third kappa shape index (κ3) is 1.90. The van der Waals surface area contributed by atoms with Crippen molar-refractivity contribution in [1.29, 1.82) is 0 Å². The lowest BCUT2D eigenvalue weighted by atomic mass is 10.1. The van der Waals surface area contributed by atoms with E-state index in [1.54, 1.807) is 12.1 Å². The number of aromatic nitrogens is 2. The van der Waals surface area contributed by atoms with Crippen LogP contribution in [0.15, 0.2) is 30.5 Å². The molecule has 1 aliphatic heterocycles. The lowest BCUT2D eigenvalue weighted by Crippen LogP contribution is -2.32. The molecule has 2 aromatic rings. The van der Waals surface area contributed by atoms with E-state index in [1.807, 2.05) is 0 Å². The Morgan fingerprint density at radius 2 is 1.82 bits per heavy atom. The van der Waals surface area contributed by atoms with Gasteiger partial charge < -0.3 is 9.82 Å². The average Bonchev–Trinajstić information content (AvgIpc) is 3.22. The smallest absolute Gasteiger partial charge is 0.336 e. The molecular weight excluding hydrogens is 286 g/mol. The van der Waals surface area contributed by atoms with Crippen molar-refractivity contribution in [2.75, 3.05) is 0 Å². The van der Waals surface area contributed by atoms with Crippen molar-refractivity contribution in [3.63, 3.8) is 0 Å². The third-order valence-corrected chi connectivity index (χ3v) is 3.71. The second-order valence-electron chi connectivity index (χ2n) is 5.29. The van der Waals surface area contributed by atoms with Crippen molar-refractivity contribution in [2.45, 2.75) is 18.8 Å². The first-order chi connectivity index (χ1) is 10.6. The molecule has 2 aliphatic rings. The summed E-state index contributed by atoms with van der Waals surface area (Å²) in [7, 11) is 0. The predicted octanol–water partition coefficient (Wildman–Crippen LogP) is 1.66. The summed E-state index contributed by atoms with van der Waals surface area (Å²) in [6.45, 7) is 0. The maximum atomic E-state index is 12.1. The van der Waals surface area contributed by atoms with E-state index in [9.17, 15) is 14.4 Å². The summed E-state index contributed by atoms with van der Waals surface area (Å²) in [6, 6.07) is 6.33. The minimum Gasteiger partial charge on any atom is -0.336 e. The molecule has 1 saturated carbocycles. The second-order valence-corrected chi connectivity index (χ2v) is 5.29. The molecule has 4 rings (SSSR count). The monoisotopic (exact) mass is 297 g/mol. The number of nitrogens with one attached hydrogen (secondary N) is 1. The molecule has 2 heterocycles. The number of rotatable bonds is 3. The fourth-order valence-corrected chi connectivity index (χ4v) is 2.39. The van der Waals surface area contributed by atoms with Crippen LogP contribution in [0, 0.1) is 0 Å². The molecule has 0 atom stereocenters. The fraction of sp³-hybridized carbons (Fsp3) is 0.200. The quantitative estimate of drug-likeness (QED) is 0.870. The van der Waals surface area contributed by atoms with E-state index in [0.29, 0.717) is 11.0 Å². The van der Waals surface area contributed by atoms with Gasteiger partial charge in [-0.25, -0.2) is 9.78 Å². The van der Waals surface area contributed by atoms with Gasteiger partial charge in [-0.1, -0.05) is 17.2 Å². The number of carbonyl (C=O) groups is 3. The van der Waals surface area contributed by atoms with Crippen molar-refractivity contribution in [3.05, 3.63) is 53.1 Å². The lowest BCUT2D eigenvalue weighted by Gasteiger charge is -2.11. The zero-order chi connectivity index (χ0) is 15.3. The van der Waals surface area contributed by atoms with Crippen molar-refractivity contribution in [1.82, 2.24) is 15.0 Å². The van der Waals surface area contributed by atoms with Gasteiger partial charge in [-0.05, 0) is 25.0 Å². The Kier molecular flexibility index (Phi) is 2.62. The number of fused-ring (bicyclic) bond motifs is 1. The molecule has 0 bridgehead atoms. The standard InChI is InChI=1S/C15H11N3O4/c19-13-9-3-1-2-4-10(9)14(20)18(13)22-15(21)11-7-16-12(17-11)8-5-6-8/h1-4,7-8H,5-6H2,(H,16,17). The predicted molar refractivity (Wildman–Crippen MR) is 72.9 cm³/mol. The molecule has 1 fully saturated rings. The minimum atomic E-state index is -0.811. The number of imidazole rings is 1. The Bertz CT molecular complexity index is 772. The molecule has 1 aromatic carbocycles. The fourth-order valence-electron chi connectivity index (χ4n) is 2.39. The number of aromatic amines is 1. The topological polar surface area (TPSA) is 92.4 Å². The van der Waals surface area contributed by atoms with Crippen LogP contribution in [0.2, 0.25) is 0 Å². The van der Waals surface area contributed by atoms with Crippen molar-refractivity contribution in [3.8, 4) is 0 Å². The number of H-pyrrole nitrogens is 1. The van der Waals surface area contributed by atoms with E-state index >= 15 is 0 Å². The van der Waals surface area contributed by atoms with Gasteiger partial charge >= 0.3 is 5.97 Å². The van der Waals surface area contributed by atoms with Gasteiger partial charge in [-0.15, -0.1) is 0 Å². The van der Waals surface area contributed by atoms with Crippen LogP contribution >= 0.6 is 0 Å². The van der Waals surface area contributed by atoms with E-state index < -0.39 is 17.8 Å². The van der Waals surface area contributed by atoms with Gasteiger partial charge in [0.05, 0.1) is 17.3 Å². The highest BCUT2D eigenvalue weighted by molar-refractivity contribution is 6.21. The van der Waals surface area contributed by atoms with Crippen LogP contribution in [0.4, 0.5) is 0 Å². The first-order valence-electron chi connectivity index (χ1n) is 6.90. The number of nitrogens with zero attached hydrogens (tertiary/aromatic N) is 2. The summed E-state index contributed by atoms with van der Waals surface area (Å²) in [5.74, 6) is -1.00. The summed E-state index contributed by atoms with van der Waals surface area (Å²) in [4.78, 5) is 48.2. The molecule has 110 valence electrons. The van der Waals surface area contributed by atoms with E-state index in [1.165, 1.54) is 18.3 Å². The Balaban J connectivity index is 1.55. The summed E-state index contributed by atoms with van der Waals surface area (Å²) in [5.41, 5.74) is 0.575. The van der Waals surface area contributed by atoms with Crippen molar-refractivity contribution < 1.29 is 19.2 Å². The highest BCUT2D eigenvalue weighted by atomic mass is 16.7. The first-order valence-corrected chi connectivity index (χ1v) is 6.90. The molecular formula is C15H11N3O4. The van der Waals surface area contributed by atoms with Crippen LogP contribution in [0.5, 0.6) is 0 Å². The molecule has 0 unspecified atom stereocenters. The molecule has 0 spiro atoms. The zero-order valence-electron chi connectivity index (χ0n) is 11.4. The van der Waals surface area contributed by atoms with Gasteiger partial charge in [0.2, 0.25) is 0 Å². The molecule has 0 radical (unpaired) electrons. The van der Waals surface area contributed by atoms with Gasteiger partial charge in [0.25, 0.3) is 11.8 Å². The van der Waals surface area contributed by atoms with E-state index in [0.717, 1.165) is 18.7 Å². The minimum absolute atomic E-state index is 0.124. The van der Waals surface area contributed by atoms with E-state index in [2.05, 4.69) is 9.97 Å².